The van der Waals surface area contributed by atoms with Crippen molar-refractivity contribution in [3.63, 3.8) is 0 Å². The zero-order valence-electron chi connectivity index (χ0n) is 14.5. The van der Waals surface area contributed by atoms with Crippen molar-refractivity contribution >= 4 is 17.7 Å². The molecule has 0 fully saturated rings. The Morgan fingerprint density at radius 2 is 1.73 bits per heavy atom. The summed E-state index contributed by atoms with van der Waals surface area (Å²) in [5.41, 5.74) is 2.43. The van der Waals surface area contributed by atoms with Gasteiger partial charge in [0.15, 0.2) is 0 Å². The molecule has 0 radical (unpaired) electrons. The molecule has 2 aromatic rings. The molecule has 2 nitrogen and oxygen atoms in total. The second kappa shape index (κ2) is 7.36. The van der Waals surface area contributed by atoms with Gasteiger partial charge in [0.2, 0.25) is 5.91 Å². The first-order chi connectivity index (χ1) is 12.4. The molecule has 1 aliphatic rings. The number of unbranched alkanes of at least 4 members (excludes halogenated alkanes) is 1. The van der Waals surface area contributed by atoms with E-state index in [1.165, 1.54) is 12.1 Å². The number of amides is 1. The summed E-state index contributed by atoms with van der Waals surface area (Å²) in [6, 6.07) is 12.6. The first-order valence-electron chi connectivity index (χ1n) is 8.67. The van der Waals surface area contributed by atoms with Gasteiger partial charge >= 0.3 is 6.18 Å². The Morgan fingerprint density at radius 1 is 1.04 bits per heavy atom. The quantitative estimate of drug-likeness (QED) is 0.717. The van der Waals surface area contributed by atoms with Gasteiger partial charge in [-0.25, -0.2) is 0 Å². The molecule has 0 atom stereocenters. The Balaban J connectivity index is 2.06. The maximum absolute atomic E-state index is 12.9. The van der Waals surface area contributed by atoms with Crippen LogP contribution in [0.2, 0.25) is 0 Å². The standard InChI is InChI=1S/C21H20F3NO/c1-2-3-12-25-19(15-8-10-18(11-9-15)21(22,23)24)13-16-6-4-5-7-17(16)14-20(25)26/h4-11,13H,2-3,12,14H2,1H3. The van der Waals surface area contributed by atoms with Gasteiger partial charge in [-0.2, -0.15) is 13.2 Å². The lowest BCUT2D eigenvalue weighted by Gasteiger charge is -2.25. The third-order valence-electron chi connectivity index (χ3n) is 4.52. The van der Waals surface area contributed by atoms with E-state index in [-0.39, 0.29) is 5.91 Å². The highest BCUT2D eigenvalue weighted by Crippen LogP contribution is 2.33. The highest BCUT2D eigenvalue weighted by atomic mass is 19.4. The lowest BCUT2D eigenvalue weighted by molar-refractivity contribution is -0.137. The highest BCUT2D eigenvalue weighted by Gasteiger charge is 2.30. The summed E-state index contributed by atoms with van der Waals surface area (Å²) < 4.78 is 38.6. The largest absolute Gasteiger partial charge is 0.416 e. The van der Waals surface area contributed by atoms with Crippen LogP contribution in [-0.2, 0) is 17.4 Å². The predicted octanol–water partition coefficient (Wildman–Crippen LogP) is 5.39. The molecule has 0 spiro atoms. The van der Waals surface area contributed by atoms with Crippen LogP contribution in [0, 0.1) is 0 Å². The summed E-state index contributed by atoms with van der Waals surface area (Å²) in [5.74, 6) is -0.0328. The van der Waals surface area contributed by atoms with Gasteiger partial charge in [0.25, 0.3) is 0 Å². The maximum Gasteiger partial charge on any atom is 0.416 e. The average Bonchev–Trinajstić information content (AvgIpc) is 2.75. The van der Waals surface area contributed by atoms with Crippen LogP contribution in [0.5, 0.6) is 0 Å². The highest BCUT2D eigenvalue weighted by molar-refractivity contribution is 5.96. The fourth-order valence-corrected chi connectivity index (χ4v) is 3.08. The zero-order valence-corrected chi connectivity index (χ0v) is 14.5. The minimum Gasteiger partial charge on any atom is -0.312 e. The minimum atomic E-state index is -4.37. The van der Waals surface area contributed by atoms with Crippen LogP contribution in [0.25, 0.3) is 11.8 Å². The Hall–Kier alpha value is -2.56. The van der Waals surface area contributed by atoms with Crippen molar-refractivity contribution in [1.82, 2.24) is 4.90 Å². The van der Waals surface area contributed by atoms with Crippen molar-refractivity contribution in [3.05, 3.63) is 70.8 Å². The first kappa shape index (κ1) is 18.2. The van der Waals surface area contributed by atoms with Crippen LogP contribution in [0.3, 0.4) is 0 Å². The number of carbonyl (C=O) groups is 1. The molecule has 3 rings (SSSR count). The van der Waals surface area contributed by atoms with Crippen LogP contribution < -0.4 is 0 Å². The second-order valence-electron chi connectivity index (χ2n) is 6.38. The molecular formula is C21H20F3NO. The van der Waals surface area contributed by atoms with E-state index < -0.39 is 11.7 Å². The number of benzene rings is 2. The van der Waals surface area contributed by atoms with E-state index >= 15 is 0 Å². The molecule has 0 unspecified atom stereocenters. The van der Waals surface area contributed by atoms with Gasteiger partial charge < -0.3 is 4.90 Å². The van der Waals surface area contributed by atoms with Crippen molar-refractivity contribution in [2.45, 2.75) is 32.4 Å². The van der Waals surface area contributed by atoms with Crippen LogP contribution in [0.4, 0.5) is 13.2 Å². The predicted molar refractivity (Wildman–Crippen MR) is 96.1 cm³/mol. The number of alkyl halides is 3. The number of hydrogen-bond donors (Lipinski definition) is 0. The van der Waals surface area contributed by atoms with Crippen LogP contribution in [-0.4, -0.2) is 17.4 Å². The molecule has 0 saturated carbocycles. The molecule has 0 saturated heterocycles. The molecule has 0 aliphatic carbocycles. The average molecular weight is 359 g/mol. The monoisotopic (exact) mass is 359 g/mol. The molecule has 5 heteroatoms. The van der Waals surface area contributed by atoms with Crippen molar-refractivity contribution in [3.8, 4) is 0 Å². The molecular weight excluding hydrogens is 339 g/mol. The smallest absolute Gasteiger partial charge is 0.312 e. The molecule has 1 amide bonds. The van der Waals surface area contributed by atoms with Gasteiger partial charge in [0.05, 0.1) is 17.7 Å². The maximum atomic E-state index is 12.9. The number of nitrogens with zero attached hydrogens (tertiary/aromatic N) is 1. The van der Waals surface area contributed by atoms with Crippen LogP contribution in [0.15, 0.2) is 48.5 Å². The topological polar surface area (TPSA) is 20.3 Å². The van der Waals surface area contributed by atoms with Crippen molar-refractivity contribution in [2.24, 2.45) is 0 Å². The van der Waals surface area contributed by atoms with E-state index in [2.05, 4.69) is 0 Å². The Labute approximate surface area is 150 Å². The summed E-state index contributed by atoms with van der Waals surface area (Å²) in [4.78, 5) is 14.5. The summed E-state index contributed by atoms with van der Waals surface area (Å²) in [5, 5.41) is 0. The SMILES string of the molecule is CCCCN1C(=O)Cc2ccccc2C=C1c1ccc(C(F)(F)F)cc1. The van der Waals surface area contributed by atoms with E-state index in [1.807, 2.05) is 37.3 Å². The third kappa shape index (κ3) is 3.82. The van der Waals surface area contributed by atoms with Crippen molar-refractivity contribution < 1.29 is 18.0 Å². The fraction of sp³-hybridized carbons (Fsp3) is 0.286. The third-order valence-corrected chi connectivity index (χ3v) is 4.52. The summed E-state index contributed by atoms with van der Waals surface area (Å²) in [6.07, 6.45) is -0.420. The molecule has 0 bridgehead atoms. The van der Waals surface area contributed by atoms with Crippen molar-refractivity contribution in [2.75, 3.05) is 6.54 Å². The lowest BCUT2D eigenvalue weighted by atomic mass is 10.0. The Kier molecular flexibility index (Phi) is 5.16. The van der Waals surface area contributed by atoms with Gasteiger partial charge in [-0.05, 0) is 41.3 Å². The molecule has 136 valence electrons. The Bertz CT molecular complexity index is 822. The first-order valence-corrected chi connectivity index (χ1v) is 8.67. The molecule has 2 aromatic carbocycles. The van der Waals surface area contributed by atoms with E-state index in [1.54, 1.807) is 4.90 Å². The molecule has 26 heavy (non-hydrogen) atoms. The van der Waals surface area contributed by atoms with Gasteiger partial charge in [-0.15, -0.1) is 0 Å². The molecule has 1 aliphatic heterocycles. The number of rotatable bonds is 4. The van der Waals surface area contributed by atoms with Crippen LogP contribution >= 0.6 is 0 Å². The second-order valence-corrected chi connectivity index (χ2v) is 6.38. The Morgan fingerprint density at radius 3 is 2.38 bits per heavy atom. The normalized spacial score (nSPS) is 14.7. The van der Waals surface area contributed by atoms with E-state index in [9.17, 15) is 18.0 Å². The number of carbonyl (C=O) groups excluding carboxylic acids is 1. The van der Waals surface area contributed by atoms with E-state index in [0.717, 1.165) is 36.1 Å². The molecule has 0 N–H and O–H groups in total. The summed E-state index contributed by atoms with van der Waals surface area (Å²) in [6.45, 7) is 2.59. The minimum absolute atomic E-state index is 0.0328. The van der Waals surface area contributed by atoms with Gasteiger partial charge in [-0.3, -0.25) is 4.79 Å². The summed E-state index contributed by atoms with van der Waals surface area (Å²) in [7, 11) is 0. The molecule has 1 heterocycles. The summed E-state index contributed by atoms with van der Waals surface area (Å²) >= 11 is 0. The van der Waals surface area contributed by atoms with Crippen LogP contribution in [0.1, 0.15) is 42.0 Å². The van der Waals surface area contributed by atoms with Gasteiger partial charge in [-0.1, -0.05) is 49.7 Å². The number of halogens is 3. The van der Waals surface area contributed by atoms with Crippen molar-refractivity contribution in [1.29, 1.82) is 0 Å². The zero-order chi connectivity index (χ0) is 18.7. The number of fused-ring (bicyclic) bond motifs is 1. The lowest BCUT2D eigenvalue weighted by Crippen LogP contribution is -2.31. The number of hydrogen-bond acceptors (Lipinski definition) is 1. The molecule has 0 aromatic heterocycles. The van der Waals surface area contributed by atoms with E-state index in [4.69, 9.17) is 0 Å². The fourth-order valence-electron chi connectivity index (χ4n) is 3.08. The van der Waals surface area contributed by atoms with Gasteiger partial charge in [0, 0.05) is 6.54 Å². The van der Waals surface area contributed by atoms with E-state index in [0.29, 0.717) is 24.2 Å². The van der Waals surface area contributed by atoms with Gasteiger partial charge in [0.1, 0.15) is 0 Å².